The number of pyridine rings is 1. The average Bonchev–Trinajstić information content (AvgIpc) is 3.15. The highest BCUT2D eigenvalue weighted by atomic mass is 32.2. The first-order valence-corrected chi connectivity index (χ1v) is 13.1. The van der Waals surface area contributed by atoms with Crippen molar-refractivity contribution in [3.63, 3.8) is 0 Å². The third kappa shape index (κ3) is 4.30. The van der Waals surface area contributed by atoms with Gasteiger partial charge in [0.25, 0.3) is 0 Å². The number of fused-ring (bicyclic) bond motifs is 1. The SMILES string of the molecule is Cc1ccc(-c2cc(Nc3cccc4c3CCN(C3CCS(=O)(=O)C3)C4)ccc2C)nc1. The largest absolute Gasteiger partial charge is 0.355 e. The molecule has 0 aliphatic carbocycles. The molecular formula is C26H29N3O2S. The Balaban J connectivity index is 1.38. The van der Waals surface area contributed by atoms with Crippen molar-refractivity contribution in [2.45, 2.75) is 39.3 Å². The van der Waals surface area contributed by atoms with Crippen LogP contribution in [0.15, 0.2) is 54.7 Å². The molecule has 0 radical (unpaired) electrons. The van der Waals surface area contributed by atoms with Crippen molar-refractivity contribution in [2.24, 2.45) is 0 Å². The summed E-state index contributed by atoms with van der Waals surface area (Å²) in [7, 11) is -2.86. The van der Waals surface area contributed by atoms with Crippen LogP contribution in [0, 0.1) is 13.8 Å². The zero-order valence-corrected chi connectivity index (χ0v) is 19.5. The van der Waals surface area contributed by atoms with Gasteiger partial charge < -0.3 is 5.32 Å². The van der Waals surface area contributed by atoms with E-state index in [1.54, 1.807) is 0 Å². The Labute approximate surface area is 190 Å². The summed E-state index contributed by atoms with van der Waals surface area (Å²) in [6, 6.07) is 17.1. The molecule has 0 saturated carbocycles. The second-order valence-electron chi connectivity index (χ2n) is 9.10. The Morgan fingerprint density at radius 2 is 1.97 bits per heavy atom. The Bertz CT molecular complexity index is 1250. The van der Waals surface area contributed by atoms with Crippen LogP contribution >= 0.6 is 0 Å². The monoisotopic (exact) mass is 447 g/mol. The molecule has 32 heavy (non-hydrogen) atoms. The fourth-order valence-electron chi connectivity index (χ4n) is 4.88. The predicted molar refractivity (Wildman–Crippen MR) is 130 cm³/mol. The summed E-state index contributed by atoms with van der Waals surface area (Å²) in [5.41, 5.74) is 9.27. The fourth-order valence-corrected chi connectivity index (χ4v) is 6.64. The molecule has 1 fully saturated rings. The van der Waals surface area contributed by atoms with Crippen molar-refractivity contribution in [1.29, 1.82) is 0 Å². The molecule has 166 valence electrons. The van der Waals surface area contributed by atoms with Crippen LogP contribution in [0.2, 0.25) is 0 Å². The Morgan fingerprint density at radius 1 is 1.09 bits per heavy atom. The molecule has 0 amide bonds. The lowest BCUT2D eigenvalue weighted by molar-refractivity contribution is 0.194. The van der Waals surface area contributed by atoms with E-state index in [1.807, 2.05) is 13.1 Å². The maximum absolute atomic E-state index is 11.9. The van der Waals surface area contributed by atoms with Crippen molar-refractivity contribution in [1.82, 2.24) is 9.88 Å². The quantitative estimate of drug-likeness (QED) is 0.631. The van der Waals surface area contributed by atoms with Gasteiger partial charge >= 0.3 is 0 Å². The van der Waals surface area contributed by atoms with Gasteiger partial charge in [-0.05, 0) is 73.2 Å². The first kappa shape index (κ1) is 21.2. The number of hydrogen-bond acceptors (Lipinski definition) is 5. The van der Waals surface area contributed by atoms with Gasteiger partial charge in [-0.3, -0.25) is 9.88 Å². The van der Waals surface area contributed by atoms with Gasteiger partial charge in [-0.1, -0.05) is 24.3 Å². The van der Waals surface area contributed by atoms with E-state index in [2.05, 4.69) is 70.7 Å². The molecule has 0 spiro atoms. The topological polar surface area (TPSA) is 62.3 Å². The molecule has 5 nitrogen and oxygen atoms in total. The highest BCUT2D eigenvalue weighted by Crippen LogP contribution is 2.33. The standard InChI is InChI=1S/C26H29N3O2S/c1-18-6-9-25(27-15-18)24-14-21(8-7-19(24)2)28-26-5-3-4-20-16-29(12-10-23(20)26)22-11-13-32(30,31)17-22/h3-9,14-15,22,28H,10-13,16-17H2,1-2H3. The molecule has 1 saturated heterocycles. The average molecular weight is 448 g/mol. The van der Waals surface area contributed by atoms with E-state index < -0.39 is 9.84 Å². The number of sulfone groups is 1. The molecule has 3 aromatic rings. The van der Waals surface area contributed by atoms with E-state index in [4.69, 9.17) is 0 Å². The van der Waals surface area contributed by atoms with E-state index >= 15 is 0 Å². The zero-order valence-electron chi connectivity index (χ0n) is 18.6. The minimum Gasteiger partial charge on any atom is -0.355 e. The number of anilines is 2. The summed E-state index contributed by atoms with van der Waals surface area (Å²) < 4.78 is 23.8. The molecule has 0 bridgehead atoms. The Hall–Kier alpha value is -2.70. The summed E-state index contributed by atoms with van der Waals surface area (Å²) in [5.74, 6) is 0.633. The number of nitrogens with one attached hydrogen (secondary N) is 1. The summed E-state index contributed by atoms with van der Waals surface area (Å²) in [6.45, 7) is 5.88. The molecule has 6 heteroatoms. The second kappa shape index (κ2) is 8.34. The van der Waals surface area contributed by atoms with Crippen molar-refractivity contribution in [2.75, 3.05) is 23.4 Å². The number of aromatic nitrogens is 1. The minimum absolute atomic E-state index is 0.159. The molecule has 3 heterocycles. The molecular weight excluding hydrogens is 418 g/mol. The molecule has 5 rings (SSSR count). The molecule has 1 atom stereocenters. The highest BCUT2D eigenvalue weighted by Gasteiger charge is 2.34. The zero-order chi connectivity index (χ0) is 22.3. The molecule has 1 aromatic heterocycles. The van der Waals surface area contributed by atoms with Gasteiger partial charge in [0.1, 0.15) is 0 Å². The van der Waals surface area contributed by atoms with E-state index in [0.29, 0.717) is 11.5 Å². The molecule has 2 aromatic carbocycles. The maximum Gasteiger partial charge on any atom is 0.151 e. The van der Waals surface area contributed by atoms with Crippen LogP contribution < -0.4 is 5.32 Å². The van der Waals surface area contributed by atoms with Crippen molar-refractivity contribution >= 4 is 21.2 Å². The molecule has 2 aliphatic rings. The van der Waals surface area contributed by atoms with E-state index in [0.717, 1.165) is 54.1 Å². The van der Waals surface area contributed by atoms with Crippen LogP contribution in [-0.4, -0.2) is 42.4 Å². The van der Waals surface area contributed by atoms with Crippen LogP contribution in [0.25, 0.3) is 11.3 Å². The molecule has 1 N–H and O–H groups in total. The van der Waals surface area contributed by atoms with Gasteiger partial charge in [0.15, 0.2) is 9.84 Å². The van der Waals surface area contributed by atoms with E-state index in [9.17, 15) is 8.42 Å². The Morgan fingerprint density at radius 3 is 2.72 bits per heavy atom. The van der Waals surface area contributed by atoms with Crippen molar-refractivity contribution in [3.05, 3.63) is 77.0 Å². The summed E-state index contributed by atoms with van der Waals surface area (Å²) >= 11 is 0. The van der Waals surface area contributed by atoms with E-state index in [1.165, 1.54) is 16.7 Å². The third-order valence-corrected chi connectivity index (χ3v) is 8.47. The number of rotatable bonds is 4. The van der Waals surface area contributed by atoms with Crippen LogP contribution in [0.4, 0.5) is 11.4 Å². The summed E-state index contributed by atoms with van der Waals surface area (Å²) in [5, 5.41) is 3.64. The van der Waals surface area contributed by atoms with Gasteiger partial charge in [-0.15, -0.1) is 0 Å². The smallest absolute Gasteiger partial charge is 0.151 e. The Kier molecular flexibility index (Phi) is 5.51. The minimum atomic E-state index is -2.86. The van der Waals surface area contributed by atoms with Crippen molar-refractivity contribution in [3.8, 4) is 11.3 Å². The number of hydrogen-bond donors (Lipinski definition) is 1. The lowest BCUT2D eigenvalue weighted by Gasteiger charge is -2.34. The number of aryl methyl sites for hydroxylation is 2. The van der Waals surface area contributed by atoms with E-state index in [-0.39, 0.29) is 6.04 Å². The van der Waals surface area contributed by atoms with Crippen molar-refractivity contribution < 1.29 is 8.42 Å². The van der Waals surface area contributed by atoms with Gasteiger partial charge in [0, 0.05) is 42.3 Å². The third-order valence-electron chi connectivity index (χ3n) is 6.72. The van der Waals surface area contributed by atoms with Crippen LogP contribution in [-0.2, 0) is 22.8 Å². The normalized spacial score (nSPS) is 20.1. The van der Waals surface area contributed by atoms with Crippen LogP contribution in [0.1, 0.15) is 28.7 Å². The predicted octanol–water partition coefficient (Wildman–Crippen LogP) is 4.65. The van der Waals surface area contributed by atoms with Gasteiger partial charge in [0.05, 0.1) is 17.2 Å². The summed E-state index contributed by atoms with van der Waals surface area (Å²) in [6.07, 6.45) is 3.59. The first-order valence-electron chi connectivity index (χ1n) is 11.2. The van der Waals surface area contributed by atoms with Gasteiger partial charge in [-0.25, -0.2) is 8.42 Å². The first-order chi connectivity index (χ1) is 15.4. The van der Waals surface area contributed by atoms with Gasteiger partial charge in [0.2, 0.25) is 0 Å². The van der Waals surface area contributed by atoms with Crippen LogP contribution in [0.3, 0.4) is 0 Å². The summed E-state index contributed by atoms with van der Waals surface area (Å²) in [4.78, 5) is 6.96. The lowest BCUT2D eigenvalue weighted by Crippen LogP contribution is -2.40. The fraction of sp³-hybridized carbons (Fsp3) is 0.346. The lowest BCUT2D eigenvalue weighted by atomic mass is 9.96. The second-order valence-corrected chi connectivity index (χ2v) is 11.3. The molecule has 2 aliphatic heterocycles. The highest BCUT2D eigenvalue weighted by molar-refractivity contribution is 7.91. The van der Waals surface area contributed by atoms with Crippen LogP contribution in [0.5, 0.6) is 0 Å². The van der Waals surface area contributed by atoms with Gasteiger partial charge in [-0.2, -0.15) is 0 Å². The maximum atomic E-state index is 11.9. The molecule has 1 unspecified atom stereocenters. The number of nitrogens with zero attached hydrogens (tertiary/aromatic N) is 2. The number of benzene rings is 2.